The third-order valence-corrected chi connectivity index (χ3v) is 3.08. The zero-order valence-corrected chi connectivity index (χ0v) is 12.2. The summed E-state index contributed by atoms with van der Waals surface area (Å²) in [4.78, 5) is 19.0. The van der Waals surface area contributed by atoms with Crippen molar-refractivity contribution in [2.24, 2.45) is 5.11 Å². The molecule has 3 N–H and O–H groups in total. The summed E-state index contributed by atoms with van der Waals surface area (Å²) >= 11 is 0. The van der Waals surface area contributed by atoms with E-state index in [1.807, 2.05) is 19.1 Å². The van der Waals surface area contributed by atoms with Crippen LogP contribution in [0.5, 0.6) is 0 Å². The van der Waals surface area contributed by atoms with Crippen LogP contribution >= 0.6 is 0 Å². The van der Waals surface area contributed by atoms with Crippen LogP contribution in [0, 0.1) is 6.92 Å². The molecular formula is C15H16N6O. The number of hydrogen-bond donors (Lipinski definition) is 2. The van der Waals surface area contributed by atoms with Crippen molar-refractivity contribution in [3.63, 3.8) is 0 Å². The van der Waals surface area contributed by atoms with Gasteiger partial charge in [0.15, 0.2) is 0 Å². The molecule has 1 aromatic carbocycles. The zero-order chi connectivity index (χ0) is 15.9. The molecule has 1 aromatic heterocycles. The molecule has 0 bridgehead atoms. The number of nitrogens with one attached hydrogen (secondary N) is 1. The van der Waals surface area contributed by atoms with E-state index in [2.05, 4.69) is 20.3 Å². The molecule has 0 saturated heterocycles. The van der Waals surface area contributed by atoms with Crippen molar-refractivity contribution in [2.75, 3.05) is 18.8 Å². The van der Waals surface area contributed by atoms with E-state index >= 15 is 0 Å². The van der Waals surface area contributed by atoms with E-state index in [1.54, 1.807) is 24.3 Å². The number of hydrogen-bond acceptors (Lipinski definition) is 4. The molecule has 0 fully saturated rings. The molecule has 0 aliphatic heterocycles. The lowest BCUT2D eigenvalue weighted by molar-refractivity contribution is 0.0955. The van der Waals surface area contributed by atoms with Crippen LogP contribution in [0.1, 0.15) is 15.9 Å². The molecule has 22 heavy (non-hydrogen) atoms. The number of amides is 1. The van der Waals surface area contributed by atoms with Gasteiger partial charge in [0, 0.05) is 29.1 Å². The lowest BCUT2D eigenvalue weighted by Crippen LogP contribution is -2.25. The number of aryl methyl sites for hydroxylation is 1. The van der Waals surface area contributed by atoms with Gasteiger partial charge in [-0.05, 0) is 36.2 Å². The average Bonchev–Trinajstić information content (AvgIpc) is 2.54. The van der Waals surface area contributed by atoms with E-state index in [0.29, 0.717) is 17.9 Å². The largest absolute Gasteiger partial charge is 0.384 e. The van der Waals surface area contributed by atoms with Crippen molar-refractivity contribution in [3.8, 4) is 11.3 Å². The summed E-state index contributed by atoms with van der Waals surface area (Å²) in [6.45, 7) is 2.45. The van der Waals surface area contributed by atoms with E-state index in [9.17, 15) is 4.79 Å². The fraction of sp³-hybridized carbons (Fsp3) is 0.200. The Morgan fingerprint density at radius 1 is 1.41 bits per heavy atom. The Hall–Kier alpha value is -3.05. The minimum Gasteiger partial charge on any atom is -0.384 e. The summed E-state index contributed by atoms with van der Waals surface area (Å²) < 4.78 is 0. The number of anilines is 1. The number of carbonyl (C=O) groups excluding carboxylic acids is 1. The monoisotopic (exact) mass is 296 g/mol. The van der Waals surface area contributed by atoms with Gasteiger partial charge in [0.05, 0.1) is 5.69 Å². The molecule has 0 aliphatic carbocycles. The average molecular weight is 296 g/mol. The van der Waals surface area contributed by atoms with Crippen LogP contribution in [0.15, 0.2) is 41.5 Å². The van der Waals surface area contributed by atoms with Crippen LogP contribution in [-0.4, -0.2) is 24.0 Å². The van der Waals surface area contributed by atoms with Gasteiger partial charge in [0.1, 0.15) is 5.82 Å². The predicted molar refractivity (Wildman–Crippen MR) is 85.2 cm³/mol. The molecule has 0 aliphatic rings. The first-order chi connectivity index (χ1) is 10.6. The van der Waals surface area contributed by atoms with Crippen LogP contribution in [0.4, 0.5) is 5.82 Å². The van der Waals surface area contributed by atoms with E-state index < -0.39 is 0 Å². The number of nitrogen functional groups attached to an aromatic ring is 1. The highest BCUT2D eigenvalue weighted by Crippen LogP contribution is 2.23. The maximum Gasteiger partial charge on any atom is 0.251 e. The van der Waals surface area contributed by atoms with Gasteiger partial charge in [0.2, 0.25) is 0 Å². The molecule has 0 saturated carbocycles. The highest BCUT2D eigenvalue weighted by atomic mass is 16.1. The van der Waals surface area contributed by atoms with Crippen LogP contribution in [0.25, 0.3) is 21.7 Å². The Balaban J connectivity index is 2.21. The van der Waals surface area contributed by atoms with Crippen molar-refractivity contribution < 1.29 is 4.79 Å². The Kier molecular flexibility index (Phi) is 4.95. The van der Waals surface area contributed by atoms with Crippen molar-refractivity contribution in [3.05, 3.63) is 58.0 Å². The van der Waals surface area contributed by atoms with Gasteiger partial charge in [-0.25, -0.2) is 4.98 Å². The van der Waals surface area contributed by atoms with E-state index in [0.717, 1.165) is 16.8 Å². The summed E-state index contributed by atoms with van der Waals surface area (Å²) in [6.07, 6.45) is 0. The number of azide groups is 1. The Bertz CT molecular complexity index is 737. The first kappa shape index (κ1) is 15.3. The Morgan fingerprint density at radius 3 is 3.00 bits per heavy atom. The fourth-order valence-corrected chi connectivity index (χ4v) is 2.01. The molecular weight excluding hydrogens is 280 g/mol. The molecule has 7 heteroatoms. The van der Waals surface area contributed by atoms with E-state index in [-0.39, 0.29) is 12.5 Å². The lowest BCUT2D eigenvalue weighted by atomic mass is 10.0. The molecule has 112 valence electrons. The summed E-state index contributed by atoms with van der Waals surface area (Å²) in [5, 5.41) is 6.06. The molecule has 0 atom stereocenters. The standard InChI is InChI=1S/C15H16N6O/c1-10-5-6-13(16)20-14(10)11-3-2-4-12(9-11)15(22)18-7-8-19-21-17/h2-6,9H,7-8H2,1H3,(H2,16,20)(H,18,22). The first-order valence-corrected chi connectivity index (χ1v) is 6.74. The maximum atomic E-state index is 12.1. The van der Waals surface area contributed by atoms with Gasteiger partial charge in [-0.3, -0.25) is 4.79 Å². The highest BCUT2D eigenvalue weighted by Gasteiger charge is 2.09. The van der Waals surface area contributed by atoms with Gasteiger partial charge >= 0.3 is 0 Å². The van der Waals surface area contributed by atoms with Crippen LogP contribution in [0.2, 0.25) is 0 Å². The second kappa shape index (κ2) is 7.10. The second-order valence-corrected chi connectivity index (χ2v) is 4.69. The minimum absolute atomic E-state index is 0.220. The summed E-state index contributed by atoms with van der Waals surface area (Å²) in [7, 11) is 0. The summed E-state index contributed by atoms with van der Waals surface area (Å²) in [5.74, 6) is 0.210. The smallest absolute Gasteiger partial charge is 0.251 e. The molecule has 2 aromatic rings. The number of nitrogens with zero attached hydrogens (tertiary/aromatic N) is 4. The third-order valence-electron chi connectivity index (χ3n) is 3.08. The summed E-state index contributed by atoms with van der Waals surface area (Å²) in [5.41, 5.74) is 17.0. The van der Waals surface area contributed by atoms with Gasteiger partial charge in [0.25, 0.3) is 5.91 Å². The maximum absolute atomic E-state index is 12.1. The number of aromatic nitrogens is 1. The highest BCUT2D eigenvalue weighted by molar-refractivity contribution is 5.95. The van der Waals surface area contributed by atoms with Crippen molar-refractivity contribution in [1.82, 2.24) is 10.3 Å². The number of carbonyl (C=O) groups is 1. The molecule has 0 unspecified atom stereocenters. The second-order valence-electron chi connectivity index (χ2n) is 4.69. The Labute approximate surface area is 127 Å². The molecule has 2 rings (SSSR count). The number of pyridine rings is 1. The van der Waals surface area contributed by atoms with Crippen molar-refractivity contribution in [1.29, 1.82) is 0 Å². The van der Waals surface area contributed by atoms with Gasteiger partial charge < -0.3 is 11.1 Å². The topological polar surface area (TPSA) is 117 Å². The summed E-state index contributed by atoms with van der Waals surface area (Å²) in [6, 6.07) is 10.8. The lowest BCUT2D eigenvalue weighted by Gasteiger charge is -2.08. The zero-order valence-electron chi connectivity index (χ0n) is 12.2. The predicted octanol–water partition coefficient (Wildman–Crippen LogP) is 2.68. The third kappa shape index (κ3) is 3.74. The SMILES string of the molecule is Cc1ccc(N)nc1-c1cccc(C(=O)NCCN=[N+]=[N-])c1. The molecule has 7 nitrogen and oxygen atoms in total. The van der Waals surface area contributed by atoms with Crippen LogP contribution in [0.3, 0.4) is 0 Å². The molecule has 1 heterocycles. The first-order valence-electron chi connectivity index (χ1n) is 6.74. The normalized spacial score (nSPS) is 9.86. The van der Waals surface area contributed by atoms with Crippen LogP contribution < -0.4 is 11.1 Å². The molecule has 0 spiro atoms. The van der Waals surface area contributed by atoms with Gasteiger partial charge in [-0.1, -0.05) is 23.3 Å². The number of benzene rings is 1. The van der Waals surface area contributed by atoms with Gasteiger partial charge in [-0.2, -0.15) is 0 Å². The van der Waals surface area contributed by atoms with Crippen LogP contribution in [-0.2, 0) is 0 Å². The molecule has 1 amide bonds. The van der Waals surface area contributed by atoms with Crippen molar-refractivity contribution >= 4 is 11.7 Å². The van der Waals surface area contributed by atoms with E-state index in [1.165, 1.54) is 0 Å². The number of nitrogens with two attached hydrogens (primary N) is 1. The minimum atomic E-state index is -0.225. The molecule has 0 radical (unpaired) electrons. The van der Waals surface area contributed by atoms with Gasteiger partial charge in [-0.15, -0.1) is 0 Å². The van der Waals surface area contributed by atoms with Crippen molar-refractivity contribution in [2.45, 2.75) is 6.92 Å². The Morgan fingerprint density at radius 2 is 2.23 bits per heavy atom. The van der Waals surface area contributed by atoms with E-state index in [4.69, 9.17) is 11.3 Å². The fourth-order valence-electron chi connectivity index (χ4n) is 2.01. The number of rotatable bonds is 5. The quantitative estimate of drug-likeness (QED) is 0.382.